The van der Waals surface area contributed by atoms with Crippen molar-refractivity contribution in [1.29, 1.82) is 0 Å². The van der Waals surface area contributed by atoms with Crippen molar-refractivity contribution in [3.63, 3.8) is 0 Å². The maximum Gasteiger partial charge on any atom is 0.233 e. The molecule has 1 aliphatic carbocycles. The highest BCUT2D eigenvalue weighted by Gasteiger charge is 2.25. The first kappa shape index (κ1) is 18.3. The normalized spacial score (nSPS) is 14.7. The lowest BCUT2D eigenvalue weighted by atomic mass is 10.1. The van der Waals surface area contributed by atoms with Crippen LogP contribution in [0.4, 0.5) is 26.5 Å². The molecule has 3 N–H and O–H groups in total. The van der Waals surface area contributed by atoms with Gasteiger partial charge in [0.25, 0.3) is 0 Å². The summed E-state index contributed by atoms with van der Waals surface area (Å²) < 4.78 is 27.5. The Hall–Kier alpha value is -3.10. The van der Waals surface area contributed by atoms with Gasteiger partial charge in [-0.15, -0.1) is 0 Å². The quantitative estimate of drug-likeness (QED) is 0.564. The molecular formula is C19H21F2N7. The molecule has 2 heterocycles. The highest BCUT2D eigenvalue weighted by Crippen LogP contribution is 2.39. The standard InChI is InChI=1S/C19H21F2N7/c1-3-16-23-18(22-10(2)13-8-12(20)6-7-14(13)21)26-19(24-16)25-17-9-15(27-28-17)11-4-5-11/h6-11H,3-5H2,1-2H3,(H3,22,23,24,25,26,27,28). The molecule has 1 fully saturated rings. The number of aromatic amines is 1. The Bertz CT molecular complexity index is 984. The third-order valence-corrected chi connectivity index (χ3v) is 4.62. The zero-order valence-corrected chi connectivity index (χ0v) is 15.6. The summed E-state index contributed by atoms with van der Waals surface area (Å²) in [5.41, 5.74) is 1.30. The molecule has 2 aromatic heterocycles. The van der Waals surface area contributed by atoms with Gasteiger partial charge in [-0.1, -0.05) is 6.92 Å². The van der Waals surface area contributed by atoms with Gasteiger partial charge in [0.1, 0.15) is 17.5 Å². The summed E-state index contributed by atoms with van der Waals surface area (Å²) in [6.45, 7) is 3.65. The Morgan fingerprint density at radius 1 is 1.14 bits per heavy atom. The molecule has 3 aromatic rings. The van der Waals surface area contributed by atoms with Crippen LogP contribution in [0.3, 0.4) is 0 Å². The summed E-state index contributed by atoms with van der Waals surface area (Å²) in [6.07, 6.45) is 2.95. The second-order valence-electron chi connectivity index (χ2n) is 6.89. The molecule has 1 unspecified atom stereocenters. The lowest BCUT2D eigenvalue weighted by Gasteiger charge is -2.16. The smallest absolute Gasteiger partial charge is 0.233 e. The molecule has 0 aliphatic heterocycles. The minimum absolute atomic E-state index is 0.203. The van der Waals surface area contributed by atoms with Crippen molar-refractivity contribution in [2.75, 3.05) is 10.6 Å². The van der Waals surface area contributed by atoms with Crippen molar-refractivity contribution in [3.8, 4) is 0 Å². The SMILES string of the molecule is CCc1nc(Nc2cc(C3CC3)[nH]n2)nc(NC(C)c2cc(F)ccc2F)n1. The molecule has 7 nitrogen and oxygen atoms in total. The molecule has 1 aromatic carbocycles. The first-order chi connectivity index (χ1) is 13.5. The van der Waals surface area contributed by atoms with Crippen LogP contribution < -0.4 is 10.6 Å². The van der Waals surface area contributed by atoms with Crippen molar-refractivity contribution < 1.29 is 8.78 Å². The van der Waals surface area contributed by atoms with E-state index in [9.17, 15) is 8.78 Å². The third kappa shape index (κ3) is 4.08. The molecule has 0 radical (unpaired) electrons. The summed E-state index contributed by atoms with van der Waals surface area (Å²) >= 11 is 0. The minimum Gasteiger partial charge on any atom is -0.347 e. The van der Waals surface area contributed by atoms with Gasteiger partial charge in [-0.25, -0.2) is 8.78 Å². The number of hydrogen-bond acceptors (Lipinski definition) is 6. The van der Waals surface area contributed by atoms with Gasteiger partial charge < -0.3 is 10.6 Å². The summed E-state index contributed by atoms with van der Waals surface area (Å²) in [6, 6.07) is 4.78. The molecule has 4 rings (SSSR count). The van der Waals surface area contributed by atoms with Crippen LogP contribution in [0.2, 0.25) is 0 Å². The fourth-order valence-corrected chi connectivity index (χ4v) is 2.93. The van der Waals surface area contributed by atoms with Crippen LogP contribution in [0, 0.1) is 11.6 Å². The number of benzene rings is 1. The van der Waals surface area contributed by atoms with E-state index in [1.54, 1.807) is 6.92 Å². The summed E-state index contributed by atoms with van der Waals surface area (Å²) in [5.74, 6) is 1.40. The summed E-state index contributed by atoms with van der Waals surface area (Å²) in [5, 5.41) is 13.4. The Balaban J connectivity index is 1.54. The van der Waals surface area contributed by atoms with E-state index >= 15 is 0 Å². The molecule has 1 saturated carbocycles. The molecule has 9 heteroatoms. The van der Waals surface area contributed by atoms with Crippen LogP contribution in [-0.2, 0) is 6.42 Å². The Morgan fingerprint density at radius 3 is 2.68 bits per heavy atom. The number of nitrogens with one attached hydrogen (secondary N) is 3. The van der Waals surface area contributed by atoms with E-state index in [-0.39, 0.29) is 11.5 Å². The van der Waals surface area contributed by atoms with Crippen LogP contribution in [0.1, 0.15) is 55.7 Å². The average Bonchev–Trinajstić information content (AvgIpc) is 3.43. The van der Waals surface area contributed by atoms with Crippen LogP contribution in [0.15, 0.2) is 24.3 Å². The molecule has 146 valence electrons. The summed E-state index contributed by atoms with van der Waals surface area (Å²) in [4.78, 5) is 13.1. The topological polar surface area (TPSA) is 91.4 Å². The van der Waals surface area contributed by atoms with Gasteiger partial charge in [0.2, 0.25) is 11.9 Å². The first-order valence-electron chi connectivity index (χ1n) is 9.30. The monoisotopic (exact) mass is 385 g/mol. The number of anilines is 3. The van der Waals surface area contributed by atoms with E-state index in [1.165, 1.54) is 12.8 Å². The molecule has 28 heavy (non-hydrogen) atoms. The average molecular weight is 385 g/mol. The Labute approximate surface area is 161 Å². The Kier molecular flexibility index (Phi) is 4.89. The highest BCUT2D eigenvalue weighted by atomic mass is 19.1. The van der Waals surface area contributed by atoms with Crippen LogP contribution in [-0.4, -0.2) is 25.1 Å². The van der Waals surface area contributed by atoms with Gasteiger partial charge in [-0.2, -0.15) is 20.1 Å². The van der Waals surface area contributed by atoms with E-state index < -0.39 is 17.7 Å². The van der Waals surface area contributed by atoms with Gasteiger partial charge in [0.15, 0.2) is 5.82 Å². The predicted octanol–water partition coefficient (Wildman–Crippen LogP) is 4.23. The maximum atomic E-state index is 14.0. The molecule has 1 atom stereocenters. The molecule has 0 spiro atoms. The van der Waals surface area contributed by atoms with E-state index in [2.05, 4.69) is 35.8 Å². The van der Waals surface area contributed by atoms with Crippen molar-refractivity contribution in [2.45, 2.75) is 45.1 Å². The van der Waals surface area contributed by atoms with E-state index in [0.29, 0.717) is 29.9 Å². The highest BCUT2D eigenvalue weighted by molar-refractivity contribution is 5.50. The number of aromatic nitrogens is 5. The number of rotatable bonds is 7. The molecule has 0 saturated heterocycles. The van der Waals surface area contributed by atoms with Crippen molar-refractivity contribution in [3.05, 3.63) is 53.0 Å². The Morgan fingerprint density at radius 2 is 1.93 bits per heavy atom. The zero-order chi connectivity index (χ0) is 19.7. The van der Waals surface area contributed by atoms with Crippen molar-refractivity contribution in [2.24, 2.45) is 0 Å². The van der Waals surface area contributed by atoms with E-state index in [4.69, 9.17) is 0 Å². The maximum absolute atomic E-state index is 14.0. The van der Waals surface area contributed by atoms with Crippen molar-refractivity contribution in [1.82, 2.24) is 25.1 Å². The van der Waals surface area contributed by atoms with Gasteiger partial charge in [-0.05, 0) is 38.0 Å². The number of hydrogen-bond donors (Lipinski definition) is 3. The summed E-state index contributed by atoms with van der Waals surface area (Å²) in [7, 11) is 0. The number of aryl methyl sites for hydroxylation is 1. The second kappa shape index (κ2) is 7.49. The minimum atomic E-state index is -0.525. The van der Waals surface area contributed by atoms with Crippen LogP contribution in [0.5, 0.6) is 0 Å². The van der Waals surface area contributed by atoms with E-state index in [0.717, 1.165) is 23.9 Å². The molecular weight excluding hydrogens is 364 g/mol. The largest absolute Gasteiger partial charge is 0.347 e. The van der Waals surface area contributed by atoms with Crippen LogP contribution in [0.25, 0.3) is 0 Å². The van der Waals surface area contributed by atoms with Crippen molar-refractivity contribution >= 4 is 17.7 Å². The van der Waals surface area contributed by atoms with Gasteiger partial charge in [0.05, 0.1) is 6.04 Å². The number of halogens is 2. The first-order valence-corrected chi connectivity index (χ1v) is 9.30. The lowest BCUT2D eigenvalue weighted by molar-refractivity contribution is 0.576. The van der Waals surface area contributed by atoms with Gasteiger partial charge in [-0.3, -0.25) is 5.10 Å². The molecule has 1 aliphatic rings. The van der Waals surface area contributed by atoms with Gasteiger partial charge in [0, 0.05) is 29.7 Å². The molecule has 0 amide bonds. The third-order valence-electron chi connectivity index (χ3n) is 4.62. The lowest BCUT2D eigenvalue weighted by Crippen LogP contribution is -2.14. The fraction of sp³-hybridized carbons (Fsp3) is 0.368. The molecule has 0 bridgehead atoms. The van der Waals surface area contributed by atoms with E-state index in [1.807, 2.05) is 13.0 Å². The van der Waals surface area contributed by atoms with Gasteiger partial charge >= 0.3 is 0 Å². The number of nitrogens with zero attached hydrogens (tertiary/aromatic N) is 4. The fourth-order valence-electron chi connectivity index (χ4n) is 2.93. The number of H-pyrrole nitrogens is 1. The zero-order valence-electron chi connectivity index (χ0n) is 15.6. The predicted molar refractivity (Wildman–Crippen MR) is 101 cm³/mol. The second-order valence-corrected chi connectivity index (χ2v) is 6.89. The van der Waals surface area contributed by atoms with Crippen LogP contribution >= 0.6 is 0 Å².